The quantitative estimate of drug-likeness (QED) is 0.809. The predicted molar refractivity (Wildman–Crippen MR) is 86.1 cm³/mol. The molecule has 114 valence electrons. The highest BCUT2D eigenvalue weighted by Gasteiger charge is 2.18. The number of thiazole rings is 1. The van der Waals surface area contributed by atoms with Gasteiger partial charge in [-0.3, -0.25) is 4.79 Å². The second-order valence-electron chi connectivity index (χ2n) is 6.23. The van der Waals surface area contributed by atoms with E-state index < -0.39 is 0 Å². The summed E-state index contributed by atoms with van der Waals surface area (Å²) in [6.45, 7) is 9.20. The van der Waals surface area contributed by atoms with Crippen LogP contribution in [0.15, 0.2) is 5.38 Å². The summed E-state index contributed by atoms with van der Waals surface area (Å²) in [6, 6.07) is 0. The Hall–Kier alpha value is -0.940. The smallest absolute Gasteiger partial charge is 0.226 e. The van der Waals surface area contributed by atoms with Crippen LogP contribution in [0.1, 0.15) is 59.1 Å². The summed E-state index contributed by atoms with van der Waals surface area (Å²) in [7, 11) is 0. The van der Waals surface area contributed by atoms with Crippen molar-refractivity contribution in [3.05, 3.63) is 11.1 Å². The first kappa shape index (κ1) is 17.1. The van der Waals surface area contributed by atoms with Crippen LogP contribution < -0.4 is 11.1 Å². The van der Waals surface area contributed by atoms with Crippen molar-refractivity contribution < 1.29 is 4.79 Å². The molecule has 5 heteroatoms. The molecule has 1 heterocycles. The third kappa shape index (κ3) is 5.59. The molecular formula is C15H27N3OS. The lowest BCUT2D eigenvalue weighted by molar-refractivity contribution is -0.116. The number of anilines is 1. The van der Waals surface area contributed by atoms with Crippen LogP contribution in [0.3, 0.4) is 0 Å². The number of rotatable bonds is 7. The van der Waals surface area contributed by atoms with E-state index >= 15 is 0 Å². The van der Waals surface area contributed by atoms with Gasteiger partial charge in [0.1, 0.15) is 0 Å². The highest BCUT2D eigenvalue weighted by molar-refractivity contribution is 7.13. The van der Waals surface area contributed by atoms with Crippen LogP contribution in [0.5, 0.6) is 0 Å². The van der Waals surface area contributed by atoms with Gasteiger partial charge in [0.25, 0.3) is 0 Å². The molecule has 0 saturated carbocycles. The van der Waals surface area contributed by atoms with Crippen molar-refractivity contribution in [2.75, 3.05) is 11.9 Å². The molecule has 20 heavy (non-hydrogen) atoms. The van der Waals surface area contributed by atoms with Crippen LogP contribution in [-0.4, -0.2) is 17.4 Å². The van der Waals surface area contributed by atoms with Crippen molar-refractivity contribution in [1.82, 2.24) is 4.98 Å². The Morgan fingerprint density at radius 1 is 1.45 bits per heavy atom. The molecule has 0 bridgehead atoms. The molecule has 0 aliphatic carbocycles. The van der Waals surface area contributed by atoms with E-state index in [-0.39, 0.29) is 11.3 Å². The Kier molecular flexibility index (Phi) is 6.62. The van der Waals surface area contributed by atoms with Crippen molar-refractivity contribution in [2.45, 2.75) is 58.8 Å². The first-order valence-corrected chi connectivity index (χ1v) is 8.20. The highest BCUT2D eigenvalue weighted by Crippen LogP contribution is 2.26. The second kappa shape index (κ2) is 7.74. The van der Waals surface area contributed by atoms with Gasteiger partial charge in [-0.05, 0) is 25.3 Å². The average molecular weight is 297 g/mol. The minimum absolute atomic E-state index is 0.0217. The lowest BCUT2D eigenvalue weighted by Crippen LogP contribution is -2.16. The van der Waals surface area contributed by atoms with Gasteiger partial charge >= 0.3 is 0 Å². The number of nitrogens with zero attached hydrogens (tertiary/aromatic N) is 1. The summed E-state index contributed by atoms with van der Waals surface area (Å²) in [5, 5.41) is 5.61. The zero-order valence-corrected chi connectivity index (χ0v) is 13.8. The molecule has 1 rings (SSSR count). The minimum atomic E-state index is 0.0217. The third-order valence-corrected chi connectivity index (χ3v) is 4.21. The third-order valence-electron chi connectivity index (χ3n) is 3.45. The average Bonchev–Trinajstić information content (AvgIpc) is 2.82. The van der Waals surface area contributed by atoms with E-state index in [2.05, 4.69) is 38.0 Å². The normalized spacial score (nSPS) is 13.2. The zero-order valence-electron chi connectivity index (χ0n) is 13.0. The van der Waals surface area contributed by atoms with Crippen molar-refractivity contribution in [3.8, 4) is 0 Å². The molecule has 1 atom stereocenters. The summed E-state index contributed by atoms with van der Waals surface area (Å²) in [4.78, 5) is 16.4. The number of nitrogens with two attached hydrogens (primary N) is 1. The van der Waals surface area contributed by atoms with Crippen LogP contribution in [-0.2, 0) is 10.2 Å². The lowest BCUT2D eigenvalue weighted by atomic mass is 9.93. The Morgan fingerprint density at radius 2 is 2.15 bits per heavy atom. The fourth-order valence-electron chi connectivity index (χ4n) is 1.98. The number of nitrogens with one attached hydrogen (secondary N) is 1. The van der Waals surface area contributed by atoms with Gasteiger partial charge < -0.3 is 11.1 Å². The molecule has 1 aromatic rings. The highest BCUT2D eigenvalue weighted by atomic mass is 32.1. The number of hydrogen-bond donors (Lipinski definition) is 2. The maximum atomic E-state index is 11.9. The van der Waals surface area contributed by atoms with Crippen molar-refractivity contribution in [2.24, 2.45) is 11.7 Å². The summed E-state index contributed by atoms with van der Waals surface area (Å²) in [5.74, 6) is 0.600. The lowest BCUT2D eigenvalue weighted by Gasteiger charge is -2.14. The van der Waals surface area contributed by atoms with Gasteiger partial charge in [-0.25, -0.2) is 4.98 Å². The second-order valence-corrected chi connectivity index (χ2v) is 7.08. The molecule has 0 aliphatic rings. The number of hydrogen-bond acceptors (Lipinski definition) is 4. The van der Waals surface area contributed by atoms with E-state index in [0.717, 1.165) is 25.0 Å². The topological polar surface area (TPSA) is 68.0 Å². The van der Waals surface area contributed by atoms with Gasteiger partial charge in [0.05, 0.1) is 5.69 Å². The van der Waals surface area contributed by atoms with Gasteiger partial charge in [-0.15, -0.1) is 11.3 Å². The van der Waals surface area contributed by atoms with Crippen LogP contribution in [0.25, 0.3) is 0 Å². The number of amides is 1. The van der Waals surface area contributed by atoms with Gasteiger partial charge in [0, 0.05) is 17.2 Å². The molecule has 0 fully saturated rings. The van der Waals surface area contributed by atoms with E-state index in [1.165, 1.54) is 11.3 Å². The van der Waals surface area contributed by atoms with Crippen LogP contribution in [0, 0.1) is 5.92 Å². The molecule has 3 N–H and O–H groups in total. The molecule has 0 saturated heterocycles. The fourth-order valence-corrected chi connectivity index (χ4v) is 2.93. The number of carbonyl (C=O) groups excluding carboxylic acids is 1. The van der Waals surface area contributed by atoms with E-state index in [9.17, 15) is 4.79 Å². The first-order valence-electron chi connectivity index (χ1n) is 7.32. The Bertz CT molecular complexity index is 423. The first-order chi connectivity index (χ1) is 9.36. The zero-order chi connectivity index (χ0) is 15.2. The molecule has 1 aromatic heterocycles. The largest absolute Gasteiger partial charge is 0.330 e. The molecule has 0 aromatic carbocycles. The summed E-state index contributed by atoms with van der Waals surface area (Å²) >= 11 is 1.49. The van der Waals surface area contributed by atoms with Crippen LogP contribution in [0.2, 0.25) is 0 Å². The summed E-state index contributed by atoms with van der Waals surface area (Å²) in [6.07, 6.45) is 3.52. The monoisotopic (exact) mass is 297 g/mol. The van der Waals surface area contributed by atoms with E-state index in [4.69, 9.17) is 5.73 Å². The van der Waals surface area contributed by atoms with Gasteiger partial charge in [-0.2, -0.15) is 0 Å². The molecule has 4 nitrogen and oxygen atoms in total. The van der Waals surface area contributed by atoms with Crippen molar-refractivity contribution in [3.63, 3.8) is 0 Å². The van der Waals surface area contributed by atoms with E-state index in [1.807, 2.05) is 5.38 Å². The van der Waals surface area contributed by atoms with Gasteiger partial charge in [0.15, 0.2) is 5.13 Å². The molecular weight excluding hydrogens is 270 g/mol. The summed E-state index contributed by atoms with van der Waals surface area (Å²) < 4.78 is 0. The maximum absolute atomic E-state index is 11.9. The van der Waals surface area contributed by atoms with Gasteiger partial charge in [0.2, 0.25) is 5.91 Å². The fraction of sp³-hybridized carbons (Fsp3) is 0.733. The maximum Gasteiger partial charge on any atom is 0.226 e. The molecule has 0 spiro atoms. The Balaban J connectivity index is 2.44. The predicted octanol–water partition coefficient (Wildman–Crippen LogP) is 3.53. The standard InChI is InChI=1S/C15H27N3OS/c1-5-11(8-9-16)6-7-13(19)18-14-17-12(10-20-14)15(2,3)4/h10-11H,5-9,16H2,1-4H3,(H,17,18,19). The van der Waals surface area contributed by atoms with Crippen LogP contribution >= 0.6 is 11.3 Å². The Labute approximate surface area is 126 Å². The molecule has 0 radical (unpaired) electrons. The Morgan fingerprint density at radius 3 is 2.65 bits per heavy atom. The number of carbonyl (C=O) groups is 1. The minimum Gasteiger partial charge on any atom is -0.330 e. The SMILES string of the molecule is CCC(CCN)CCC(=O)Nc1nc(C(C)(C)C)cs1. The van der Waals surface area contributed by atoms with E-state index in [1.54, 1.807) is 0 Å². The van der Waals surface area contributed by atoms with Crippen molar-refractivity contribution in [1.29, 1.82) is 0 Å². The molecule has 1 unspecified atom stereocenters. The summed E-state index contributed by atoms with van der Waals surface area (Å²) in [5.41, 5.74) is 6.61. The molecule has 1 amide bonds. The number of aromatic nitrogens is 1. The molecule has 0 aliphatic heterocycles. The van der Waals surface area contributed by atoms with Gasteiger partial charge in [-0.1, -0.05) is 34.1 Å². The van der Waals surface area contributed by atoms with Crippen LogP contribution in [0.4, 0.5) is 5.13 Å². The van der Waals surface area contributed by atoms with Crippen molar-refractivity contribution >= 4 is 22.4 Å². The van der Waals surface area contributed by atoms with E-state index in [0.29, 0.717) is 24.0 Å².